The minimum atomic E-state index is -0.273. The van der Waals surface area contributed by atoms with Crippen LogP contribution < -0.4 is 10.1 Å². The third-order valence-electron chi connectivity index (χ3n) is 1.93. The zero-order valence-corrected chi connectivity index (χ0v) is 8.47. The third-order valence-corrected chi connectivity index (χ3v) is 2.59. The predicted octanol–water partition coefficient (Wildman–Crippen LogP) is 1.94. The molecule has 1 saturated heterocycles. The first-order valence-electron chi connectivity index (χ1n) is 4.08. The average Bonchev–Trinajstić information content (AvgIpc) is 2.03. The molecule has 0 amide bonds. The van der Waals surface area contributed by atoms with Crippen molar-refractivity contribution in [2.24, 2.45) is 0 Å². The molecule has 70 valence electrons. The smallest absolute Gasteiger partial charge is 0.136 e. The number of rotatable bonds is 2. The second-order valence-electron chi connectivity index (χ2n) is 2.97. The lowest BCUT2D eigenvalue weighted by atomic mass is 10.2. The van der Waals surface area contributed by atoms with Crippen molar-refractivity contribution in [3.63, 3.8) is 0 Å². The molecule has 0 aromatic heterocycles. The lowest BCUT2D eigenvalue weighted by molar-refractivity contribution is 0.141. The summed E-state index contributed by atoms with van der Waals surface area (Å²) in [4.78, 5) is 0. The predicted molar refractivity (Wildman–Crippen MR) is 51.4 cm³/mol. The number of hydrogen-bond acceptors (Lipinski definition) is 2. The van der Waals surface area contributed by atoms with Gasteiger partial charge in [-0.15, -0.1) is 0 Å². The van der Waals surface area contributed by atoms with E-state index in [1.807, 2.05) is 0 Å². The van der Waals surface area contributed by atoms with Gasteiger partial charge in [-0.3, -0.25) is 0 Å². The fraction of sp³-hybridized carbons (Fsp3) is 0.333. The Morgan fingerprint density at radius 1 is 1.46 bits per heavy atom. The number of ether oxygens (including phenoxy) is 1. The molecule has 0 atom stereocenters. The van der Waals surface area contributed by atoms with Crippen LogP contribution in [0.5, 0.6) is 5.75 Å². The van der Waals surface area contributed by atoms with Crippen molar-refractivity contribution in [1.82, 2.24) is 5.32 Å². The first kappa shape index (κ1) is 8.97. The van der Waals surface area contributed by atoms with E-state index in [-0.39, 0.29) is 11.9 Å². The van der Waals surface area contributed by atoms with Crippen molar-refractivity contribution < 1.29 is 9.13 Å². The van der Waals surface area contributed by atoms with Crippen LogP contribution in [0.25, 0.3) is 0 Å². The normalized spacial score (nSPS) is 16.8. The Balaban J connectivity index is 2.13. The summed E-state index contributed by atoms with van der Waals surface area (Å²) in [5.74, 6) is 0.303. The van der Waals surface area contributed by atoms with Gasteiger partial charge in [-0.05, 0) is 28.1 Å². The summed E-state index contributed by atoms with van der Waals surface area (Å²) in [6.07, 6.45) is 0.179. The highest BCUT2D eigenvalue weighted by atomic mass is 79.9. The van der Waals surface area contributed by atoms with Crippen molar-refractivity contribution in [3.05, 3.63) is 28.5 Å². The Kier molecular flexibility index (Phi) is 2.51. The van der Waals surface area contributed by atoms with Crippen LogP contribution in [0.4, 0.5) is 4.39 Å². The first-order valence-corrected chi connectivity index (χ1v) is 4.87. The Morgan fingerprint density at radius 3 is 2.85 bits per heavy atom. The standard InChI is InChI=1S/C9H9BrFNO/c10-8-2-1-6(11)3-9(8)13-7-4-12-5-7/h1-3,7,12H,4-5H2. The molecule has 0 saturated carbocycles. The molecule has 0 bridgehead atoms. The van der Waals surface area contributed by atoms with E-state index in [9.17, 15) is 4.39 Å². The molecule has 13 heavy (non-hydrogen) atoms. The minimum Gasteiger partial charge on any atom is -0.486 e. The van der Waals surface area contributed by atoms with Gasteiger partial charge < -0.3 is 10.1 Å². The van der Waals surface area contributed by atoms with Gasteiger partial charge in [0, 0.05) is 19.2 Å². The van der Waals surface area contributed by atoms with Crippen LogP contribution in [-0.4, -0.2) is 19.2 Å². The van der Waals surface area contributed by atoms with E-state index < -0.39 is 0 Å². The minimum absolute atomic E-state index is 0.179. The van der Waals surface area contributed by atoms with E-state index in [1.54, 1.807) is 6.07 Å². The topological polar surface area (TPSA) is 21.3 Å². The maximum Gasteiger partial charge on any atom is 0.136 e. The highest BCUT2D eigenvalue weighted by Crippen LogP contribution is 2.26. The quantitative estimate of drug-likeness (QED) is 0.860. The van der Waals surface area contributed by atoms with Gasteiger partial charge in [0.05, 0.1) is 4.47 Å². The average molecular weight is 246 g/mol. The van der Waals surface area contributed by atoms with Gasteiger partial charge in [0.2, 0.25) is 0 Å². The van der Waals surface area contributed by atoms with Gasteiger partial charge >= 0.3 is 0 Å². The van der Waals surface area contributed by atoms with Crippen LogP contribution in [0.3, 0.4) is 0 Å². The number of hydrogen-bond donors (Lipinski definition) is 1. The first-order chi connectivity index (χ1) is 6.25. The molecule has 1 N–H and O–H groups in total. The summed E-state index contributed by atoms with van der Waals surface area (Å²) < 4.78 is 19.1. The molecular weight excluding hydrogens is 237 g/mol. The van der Waals surface area contributed by atoms with E-state index in [1.165, 1.54) is 12.1 Å². The number of nitrogens with one attached hydrogen (secondary N) is 1. The Hall–Kier alpha value is -0.610. The number of benzene rings is 1. The van der Waals surface area contributed by atoms with Gasteiger partial charge in [-0.2, -0.15) is 0 Å². The number of halogens is 2. The largest absolute Gasteiger partial charge is 0.486 e. The molecule has 2 rings (SSSR count). The van der Waals surface area contributed by atoms with Gasteiger partial charge in [0.15, 0.2) is 0 Å². The third kappa shape index (κ3) is 2.00. The second kappa shape index (κ2) is 3.64. The van der Waals surface area contributed by atoms with Gasteiger partial charge in [-0.25, -0.2) is 4.39 Å². The van der Waals surface area contributed by atoms with Crippen molar-refractivity contribution in [2.75, 3.05) is 13.1 Å². The van der Waals surface area contributed by atoms with Gasteiger partial charge in [-0.1, -0.05) is 0 Å². The Morgan fingerprint density at radius 2 is 2.23 bits per heavy atom. The van der Waals surface area contributed by atoms with E-state index >= 15 is 0 Å². The lowest BCUT2D eigenvalue weighted by Gasteiger charge is -2.28. The molecule has 0 radical (unpaired) electrons. The molecular formula is C9H9BrFNO. The SMILES string of the molecule is Fc1ccc(Br)c(OC2CNC2)c1. The summed E-state index contributed by atoms with van der Waals surface area (Å²) in [6.45, 7) is 1.67. The van der Waals surface area contributed by atoms with E-state index in [0.717, 1.165) is 17.6 Å². The monoisotopic (exact) mass is 245 g/mol. The lowest BCUT2D eigenvalue weighted by Crippen LogP contribution is -2.50. The summed E-state index contributed by atoms with van der Waals surface area (Å²) >= 11 is 3.30. The molecule has 1 fully saturated rings. The summed E-state index contributed by atoms with van der Waals surface area (Å²) in [5.41, 5.74) is 0. The van der Waals surface area contributed by atoms with Crippen molar-refractivity contribution >= 4 is 15.9 Å². The van der Waals surface area contributed by atoms with Gasteiger partial charge in [0.1, 0.15) is 17.7 Å². The maximum absolute atomic E-state index is 12.8. The van der Waals surface area contributed by atoms with Crippen LogP contribution in [0.15, 0.2) is 22.7 Å². The summed E-state index contributed by atoms with van der Waals surface area (Å²) in [7, 11) is 0. The van der Waals surface area contributed by atoms with Crippen LogP contribution in [0.2, 0.25) is 0 Å². The molecule has 1 aliphatic heterocycles. The molecule has 0 spiro atoms. The van der Waals surface area contributed by atoms with Crippen molar-refractivity contribution in [2.45, 2.75) is 6.10 Å². The molecule has 0 aliphatic carbocycles. The fourth-order valence-corrected chi connectivity index (χ4v) is 1.43. The Bertz CT molecular complexity index is 314. The molecule has 1 aromatic rings. The summed E-state index contributed by atoms with van der Waals surface area (Å²) in [5, 5.41) is 3.08. The van der Waals surface area contributed by atoms with Crippen LogP contribution >= 0.6 is 15.9 Å². The molecule has 2 nitrogen and oxygen atoms in total. The van der Waals surface area contributed by atoms with E-state index in [4.69, 9.17) is 4.74 Å². The van der Waals surface area contributed by atoms with Crippen molar-refractivity contribution in [3.8, 4) is 5.75 Å². The van der Waals surface area contributed by atoms with E-state index in [2.05, 4.69) is 21.2 Å². The van der Waals surface area contributed by atoms with Crippen molar-refractivity contribution in [1.29, 1.82) is 0 Å². The Labute approximate surface area is 84.2 Å². The highest BCUT2D eigenvalue weighted by Gasteiger charge is 2.19. The summed E-state index contributed by atoms with van der Waals surface area (Å²) in [6, 6.07) is 4.44. The van der Waals surface area contributed by atoms with Gasteiger partial charge in [0.25, 0.3) is 0 Å². The highest BCUT2D eigenvalue weighted by molar-refractivity contribution is 9.10. The maximum atomic E-state index is 12.8. The molecule has 4 heteroatoms. The molecule has 1 aromatic carbocycles. The second-order valence-corrected chi connectivity index (χ2v) is 3.83. The van der Waals surface area contributed by atoms with Crippen LogP contribution in [-0.2, 0) is 0 Å². The molecule has 0 unspecified atom stereocenters. The van der Waals surface area contributed by atoms with E-state index in [0.29, 0.717) is 5.75 Å². The van der Waals surface area contributed by atoms with Crippen LogP contribution in [0.1, 0.15) is 0 Å². The van der Waals surface area contributed by atoms with Crippen LogP contribution in [0, 0.1) is 5.82 Å². The fourth-order valence-electron chi connectivity index (χ4n) is 1.09. The zero-order chi connectivity index (χ0) is 9.26. The zero-order valence-electron chi connectivity index (χ0n) is 6.89. The molecule has 1 heterocycles. The molecule has 1 aliphatic rings.